The van der Waals surface area contributed by atoms with Crippen LogP contribution in [-0.2, 0) is 0 Å². The molecular weight excluding hydrogens is 474 g/mol. The van der Waals surface area contributed by atoms with Gasteiger partial charge < -0.3 is 16.0 Å². The summed E-state index contributed by atoms with van der Waals surface area (Å²) in [4.78, 5) is 36.7. The van der Waals surface area contributed by atoms with Crippen molar-refractivity contribution in [2.75, 3.05) is 22.5 Å². The van der Waals surface area contributed by atoms with Crippen molar-refractivity contribution < 1.29 is 4.79 Å². The minimum atomic E-state index is -0.387. The summed E-state index contributed by atoms with van der Waals surface area (Å²) < 4.78 is 0. The number of nitrogen functional groups attached to an aromatic ring is 1. The smallest absolute Gasteiger partial charge is 0.326 e. The van der Waals surface area contributed by atoms with E-state index in [1.807, 2.05) is 48.5 Å². The molecule has 0 aliphatic carbocycles. The van der Waals surface area contributed by atoms with Crippen LogP contribution in [-0.4, -0.2) is 22.5 Å². The molecule has 0 saturated heterocycles. The van der Waals surface area contributed by atoms with Gasteiger partial charge in [-0.25, -0.2) is 9.78 Å². The predicted molar refractivity (Wildman–Crippen MR) is 158 cm³/mol. The number of nitrogens with one attached hydrogen (secondary N) is 2. The molecule has 38 heavy (non-hydrogen) atoms. The highest BCUT2D eigenvalue weighted by atomic mass is 16.2. The van der Waals surface area contributed by atoms with Gasteiger partial charge in [-0.15, -0.1) is 0 Å². The number of pyridine rings is 2. The first-order chi connectivity index (χ1) is 18.2. The molecule has 4 N–H and O–H groups in total. The molecule has 0 saturated carbocycles. The Kier molecular flexibility index (Phi) is 8.15. The maximum absolute atomic E-state index is 14.1. The summed E-state index contributed by atoms with van der Waals surface area (Å²) in [7, 11) is 0. The van der Waals surface area contributed by atoms with Crippen LogP contribution in [0.4, 0.5) is 21.9 Å². The number of hydrogen-bond donors (Lipinski definition) is 3. The second-order valence-corrected chi connectivity index (χ2v) is 10.2. The zero-order chi connectivity index (χ0) is 27.4. The maximum atomic E-state index is 14.1. The number of fused-ring (bicyclic) bond motifs is 1. The first-order valence-corrected chi connectivity index (χ1v) is 13.3. The van der Waals surface area contributed by atoms with E-state index in [2.05, 4.69) is 49.9 Å². The molecule has 0 radical (unpaired) electrons. The molecule has 0 atom stereocenters. The van der Waals surface area contributed by atoms with Crippen LogP contribution >= 0.6 is 0 Å². The number of H-pyrrole nitrogens is 1. The Balaban J connectivity index is 1.95. The number of benzene rings is 2. The summed E-state index contributed by atoms with van der Waals surface area (Å²) in [5.74, 6) is 0.422. The minimum absolute atomic E-state index is 0.211. The predicted octanol–water partition coefficient (Wildman–Crippen LogP) is 7.26. The van der Waals surface area contributed by atoms with Gasteiger partial charge in [0.1, 0.15) is 11.3 Å². The molecule has 0 unspecified atom stereocenters. The number of nitrogens with zero attached hydrogens (tertiary/aromatic N) is 2. The number of amides is 2. The first-order valence-electron chi connectivity index (χ1n) is 13.3. The van der Waals surface area contributed by atoms with Crippen LogP contribution in [0.15, 0.2) is 65.6 Å². The van der Waals surface area contributed by atoms with Crippen molar-refractivity contribution in [3.63, 3.8) is 0 Å². The largest absolute Gasteiger partial charge is 0.398 e. The quantitative estimate of drug-likeness (QED) is 0.217. The molecule has 0 bridgehead atoms. The normalized spacial score (nSPS) is 11.3. The molecule has 0 aliphatic heterocycles. The molecule has 198 valence electrons. The number of aromatic nitrogens is 2. The van der Waals surface area contributed by atoms with Crippen molar-refractivity contribution in [1.29, 1.82) is 0 Å². The zero-order valence-electron chi connectivity index (χ0n) is 22.8. The van der Waals surface area contributed by atoms with Gasteiger partial charge in [0.25, 0.3) is 5.56 Å². The molecule has 2 aromatic heterocycles. The Bertz CT molecular complexity index is 1480. The number of carbonyl (C=O) groups excluding carboxylic acids is 1. The fourth-order valence-electron chi connectivity index (χ4n) is 4.87. The van der Waals surface area contributed by atoms with E-state index in [0.29, 0.717) is 29.0 Å². The number of hydrogen-bond acceptors (Lipinski definition) is 4. The lowest BCUT2D eigenvalue weighted by molar-refractivity contribution is 0.256. The van der Waals surface area contributed by atoms with E-state index < -0.39 is 0 Å². The molecule has 0 spiro atoms. The molecule has 4 aromatic rings. The lowest BCUT2D eigenvalue weighted by Crippen LogP contribution is -2.40. The van der Waals surface area contributed by atoms with E-state index in [9.17, 15) is 9.59 Å². The molecule has 2 amide bonds. The number of unbranched alkanes of at least 4 members (excludes halogenated alkanes) is 1. The van der Waals surface area contributed by atoms with Gasteiger partial charge in [0.2, 0.25) is 0 Å². The van der Waals surface area contributed by atoms with Gasteiger partial charge in [-0.3, -0.25) is 9.69 Å². The molecule has 0 fully saturated rings. The van der Waals surface area contributed by atoms with Gasteiger partial charge in [-0.2, -0.15) is 0 Å². The number of para-hydroxylation sites is 2. The van der Waals surface area contributed by atoms with Crippen LogP contribution in [0.2, 0.25) is 0 Å². The van der Waals surface area contributed by atoms with Gasteiger partial charge in [0, 0.05) is 40.6 Å². The number of nitrogens with two attached hydrogens (primary N) is 1. The lowest BCUT2D eigenvalue weighted by Gasteiger charge is -2.28. The average Bonchev–Trinajstić information content (AvgIpc) is 2.89. The van der Waals surface area contributed by atoms with Gasteiger partial charge in [0.15, 0.2) is 0 Å². The van der Waals surface area contributed by atoms with Gasteiger partial charge in [-0.05, 0) is 47.6 Å². The number of carbonyl (C=O) groups is 1. The van der Waals surface area contributed by atoms with Gasteiger partial charge in [0.05, 0.1) is 0 Å². The highest BCUT2D eigenvalue weighted by Gasteiger charge is 2.27. The van der Waals surface area contributed by atoms with Gasteiger partial charge >= 0.3 is 6.03 Å². The first kappa shape index (κ1) is 26.9. The highest BCUT2D eigenvalue weighted by molar-refractivity contribution is 6.10. The Morgan fingerprint density at radius 1 is 1.00 bits per heavy atom. The molecule has 7 nitrogen and oxygen atoms in total. The minimum Gasteiger partial charge on any atom is -0.398 e. The maximum Gasteiger partial charge on any atom is 0.326 e. The standard InChI is InChI=1S/C31H37N5O2/c1-6-7-18-36(31(38)34-27-21(19(2)3)13-10-14-22(27)20(4)5)28-26(23-12-8-9-16-25(23)32)24-15-11-17-33-29(24)35-30(28)37/h8-17,19-20H,6-7,18,32H2,1-5H3,(H,34,38)(H,33,35,37). The summed E-state index contributed by atoms with van der Waals surface area (Å²) in [5, 5.41) is 3.93. The van der Waals surface area contributed by atoms with Crippen molar-refractivity contribution in [3.8, 4) is 11.1 Å². The highest BCUT2D eigenvalue weighted by Crippen LogP contribution is 2.38. The van der Waals surface area contributed by atoms with Crippen LogP contribution in [0.1, 0.15) is 70.4 Å². The van der Waals surface area contributed by atoms with Crippen LogP contribution in [0.5, 0.6) is 0 Å². The van der Waals surface area contributed by atoms with E-state index in [4.69, 9.17) is 5.73 Å². The Morgan fingerprint density at radius 3 is 2.32 bits per heavy atom. The fourth-order valence-corrected chi connectivity index (χ4v) is 4.87. The van der Waals surface area contributed by atoms with Gasteiger partial charge in [-0.1, -0.05) is 77.4 Å². The van der Waals surface area contributed by atoms with Crippen molar-refractivity contribution in [2.45, 2.75) is 59.3 Å². The Hall–Kier alpha value is -4.13. The number of rotatable bonds is 8. The van der Waals surface area contributed by atoms with Crippen LogP contribution < -0.4 is 21.5 Å². The van der Waals surface area contributed by atoms with Crippen molar-refractivity contribution in [1.82, 2.24) is 9.97 Å². The van der Waals surface area contributed by atoms with E-state index in [1.54, 1.807) is 17.2 Å². The van der Waals surface area contributed by atoms with Crippen molar-refractivity contribution >= 4 is 34.1 Å². The van der Waals surface area contributed by atoms with E-state index in [0.717, 1.165) is 35.0 Å². The Morgan fingerprint density at radius 2 is 1.68 bits per heavy atom. The molecule has 2 heterocycles. The third-order valence-corrected chi connectivity index (χ3v) is 6.85. The second kappa shape index (κ2) is 11.5. The summed E-state index contributed by atoms with van der Waals surface area (Å²) in [5.41, 5.74) is 11.5. The monoisotopic (exact) mass is 511 g/mol. The fraction of sp³-hybridized carbons (Fsp3) is 0.323. The third-order valence-electron chi connectivity index (χ3n) is 6.85. The van der Waals surface area contributed by atoms with E-state index in [1.165, 1.54) is 0 Å². The molecule has 7 heteroatoms. The summed E-state index contributed by atoms with van der Waals surface area (Å²) in [6.45, 7) is 10.9. The van der Waals surface area contributed by atoms with Crippen molar-refractivity contribution in [2.24, 2.45) is 0 Å². The molecule has 4 rings (SSSR count). The van der Waals surface area contributed by atoms with Crippen LogP contribution in [0, 0.1) is 0 Å². The van der Waals surface area contributed by atoms with Crippen LogP contribution in [0.25, 0.3) is 22.2 Å². The zero-order valence-corrected chi connectivity index (χ0v) is 22.8. The average molecular weight is 512 g/mol. The second-order valence-electron chi connectivity index (χ2n) is 10.2. The van der Waals surface area contributed by atoms with Crippen molar-refractivity contribution in [3.05, 3.63) is 82.3 Å². The molecule has 2 aromatic carbocycles. The van der Waals surface area contributed by atoms with Crippen LogP contribution in [0.3, 0.4) is 0 Å². The number of urea groups is 1. The number of aromatic amines is 1. The summed E-state index contributed by atoms with van der Waals surface area (Å²) in [6, 6.07) is 16.9. The summed E-state index contributed by atoms with van der Waals surface area (Å²) >= 11 is 0. The topological polar surface area (TPSA) is 104 Å². The van der Waals surface area contributed by atoms with E-state index in [-0.39, 0.29) is 29.1 Å². The summed E-state index contributed by atoms with van der Waals surface area (Å²) in [6.07, 6.45) is 3.22. The molecular formula is C31H37N5O2. The number of anilines is 3. The third kappa shape index (κ3) is 5.28. The SMILES string of the molecule is CCCCN(C(=O)Nc1c(C(C)C)cccc1C(C)C)c1c(-c2ccccc2N)c2cccnc2[nH]c1=O. The van der Waals surface area contributed by atoms with E-state index >= 15 is 0 Å². The Labute approximate surface area is 224 Å². The lowest BCUT2D eigenvalue weighted by atomic mass is 9.92. The molecule has 0 aliphatic rings.